The van der Waals surface area contributed by atoms with Crippen molar-refractivity contribution in [1.29, 1.82) is 0 Å². The van der Waals surface area contributed by atoms with Gasteiger partial charge in [0.1, 0.15) is 0 Å². The fraction of sp³-hybridized carbons (Fsp3) is 1.00. The highest BCUT2D eigenvalue weighted by atomic mass is 16.5. The number of likely N-dealkylation sites (N-methyl/N-ethyl adjacent to an activating group) is 1. The molecule has 0 spiro atoms. The molecule has 92 valence electrons. The average Bonchev–Trinajstić information content (AvgIpc) is 2.14. The van der Waals surface area contributed by atoms with Gasteiger partial charge in [-0.3, -0.25) is 0 Å². The summed E-state index contributed by atoms with van der Waals surface area (Å²) < 4.78 is 10.6. The van der Waals surface area contributed by atoms with Crippen LogP contribution in [-0.4, -0.2) is 62.2 Å². The number of hydrogen-bond donors (Lipinski definition) is 1. The van der Waals surface area contributed by atoms with E-state index in [0.29, 0.717) is 26.4 Å². The lowest BCUT2D eigenvalue weighted by Gasteiger charge is -2.20. The van der Waals surface area contributed by atoms with Gasteiger partial charge in [0.15, 0.2) is 0 Å². The molecule has 0 amide bonds. The summed E-state index contributed by atoms with van der Waals surface area (Å²) in [6.07, 6.45) is -0.138. The molecule has 0 aliphatic rings. The molecule has 0 radical (unpaired) electrons. The Morgan fingerprint density at radius 3 is 2.53 bits per heavy atom. The first-order valence-electron chi connectivity index (χ1n) is 5.62. The number of nitrogens with zero attached hydrogens (tertiary/aromatic N) is 1. The number of aliphatic hydroxyl groups excluding tert-OH is 1. The van der Waals surface area contributed by atoms with Crippen molar-refractivity contribution >= 4 is 0 Å². The Morgan fingerprint density at radius 2 is 2.00 bits per heavy atom. The zero-order chi connectivity index (χ0) is 11.7. The van der Waals surface area contributed by atoms with Crippen LogP contribution in [0.3, 0.4) is 0 Å². The standard InChI is InChI=1S/C11H25NO3/c1-5-14-9-11(13)8-12(4)6-7-15-10(2)3/h10-11,13H,5-9H2,1-4H3. The fourth-order valence-electron chi connectivity index (χ4n) is 1.20. The zero-order valence-electron chi connectivity index (χ0n) is 10.4. The van der Waals surface area contributed by atoms with Crippen LogP contribution < -0.4 is 0 Å². The van der Waals surface area contributed by atoms with Crippen LogP contribution >= 0.6 is 0 Å². The monoisotopic (exact) mass is 219 g/mol. The second-order valence-electron chi connectivity index (χ2n) is 4.00. The molecular formula is C11H25NO3. The smallest absolute Gasteiger partial charge is 0.0900 e. The molecule has 0 fully saturated rings. The molecule has 4 nitrogen and oxygen atoms in total. The number of ether oxygens (including phenoxy) is 2. The second-order valence-corrected chi connectivity index (χ2v) is 4.00. The van der Waals surface area contributed by atoms with E-state index in [9.17, 15) is 5.11 Å². The molecule has 0 aliphatic heterocycles. The van der Waals surface area contributed by atoms with Crippen molar-refractivity contribution in [3.8, 4) is 0 Å². The summed E-state index contributed by atoms with van der Waals surface area (Å²) in [6, 6.07) is 0. The van der Waals surface area contributed by atoms with Crippen LogP contribution in [0.25, 0.3) is 0 Å². The topological polar surface area (TPSA) is 41.9 Å². The van der Waals surface area contributed by atoms with E-state index < -0.39 is 6.10 Å². The first-order valence-corrected chi connectivity index (χ1v) is 5.62. The summed E-state index contributed by atoms with van der Waals surface area (Å²) in [5.74, 6) is 0. The minimum absolute atomic E-state index is 0.270. The SMILES string of the molecule is CCOCC(O)CN(C)CCOC(C)C. The summed E-state index contributed by atoms with van der Waals surface area (Å²) in [5.41, 5.74) is 0. The largest absolute Gasteiger partial charge is 0.389 e. The van der Waals surface area contributed by atoms with E-state index in [1.54, 1.807) is 0 Å². The molecule has 0 bridgehead atoms. The van der Waals surface area contributed by atoms with Gasteiger partial charge in [0.25, 0.3) is 0 Å². The molecule has 0 aromatic carbocycles. The van der Waals surface area contributed by atoms with E-state index in [1.165, 1.54) is 0 Å². The Hall–Kier alpha value is -0.160. The first kappa shape index (κ1) is 14.8. The van der Waals surface area contributed by atoms with Gasteiger partial charge in [0.2, 0.25) is 0 Å². The van der Waals surface area contributed by atoms with Crippen molar-refractivity contribution in [2.45, 2.75) is 33.0 Å². The van der Waals surface area contributed by atoms with Gasteiger partial charge >= 0.3 is 0 Å². The molecule has 1 unspecified atom stereocenters. The molecule has 0 rings (SSSR count). The maximum atomic E-state index is 9.55. The Balaban J connectivity index is 3.42. The van der Waals surface area contributed by atoms with Crippen LogP contribution in [0.5, 0.6) is 0 Å². The van der Waals surface area contributed by atoms with Gasteiger partial charge in [-0.25, -0.2) is 0 Å². The van der Waals surface area contributed by atoms with Gasteiger partial charge < -0.3 is 19.5 Å². The van der Waals surface area contributed by atoms with Crippen molar-refractivity contribution < 1.29 is 14.6 Å². The van der Waals surface area contributed by atoms with E-state index >= 15 is 0 Å². The highest BCUT2D eigenvalue weighted by molar-refractivity contribution is 4.60. The maximum Gasteiger partial charge on any atom is 0.0900 e. The van der Waals surface area contributed by atoms with Crippen LogP contribution in [0.1, 0.15) is 20.8 Å². The maximum absolute atomic E-state index is 9.55. The van der Waals surface area contributed by atoms with Gasteiger partial charge in [-0.15, -0.1) is 0 Å². The molecule has 4 heteroatoms. The van der Waals surface area contributed by atoms with Crippen LogP contribution in [0.15, 0.2) is 0 Å². The number of hydrogen-bond acceptors (Lipinski definition) is 4. The predicted molar refractivity (Wildman–Crippen MR) is 61.1 cm³/mol. The van der Waals surface area contributed by atoms with E-state index in [1.807, 2.05) is 32.7 Å². The van der Waals surface area contributed by atoms with Crippen molar-refractivity contribution in [3.63, 3.8) is 0 Å². The van der Waals surface area contributed by atoms with E-state index in [0.717, 1.165) is 6.54 Å². The Kier molecular flexibility index (Phi) is 9.00. The summed E-state index contributed by atoms with van der Waals surface area (Å²) >= 11 is 0. The third kappa shape index (κ3) is 10.1. The molecular weight excluding hydrogens is 194 g/mol. The molecule has 0 saturated carbocycles. The summed E-state index contributed by atoms with van der Waals surface area (Å²) in [4.78, 5) is 2.05. The van der Waals surface area contributed by atoms with Gasteiger partial charge in [-0.1, -0.05) is 0 Å². The molecule has 15 heavy (non-hydrogen) atoms. The molecule has 1 N–H and O–H groups in total. The lowest BCUT2D eigenvalue weighted by atomic mass is 10.3. The average molecular weight is 219 g/mol. The van der Waals surface area contributed by atoms with E-state index in [-0.39, 0.29) is 6.10 Å². The lowest BCUT2D eigenvalue weighted by Crippen LogP contribution is -2.34. The quantitative estimate of drug-likeness (QED) is 0.621. The van der Waals surface area contributed by atoms with Crippen LogP contribution in [0.4, 0.5) is 0 Å². The minimum Gasteiger partial charge on any atom is -0.389 e. The molecule has 0 heterocycles. The van der Waals surface area contributed by atoms with Gasteiger partial charge in [0.05, 0.1) is 25.4 Å². The van der Waals surface area contributed by atoms with Gasteiger partial charge in [0, 0.05) is 19.7 Å². The third-order valence-electron chi connectivity index (χ3n) is 1.96. The van der Waals surface area contributed by atoms with Gasteiger partial charge in [-0.05, 0) is 27.8 Å². The van der Waals surface area contributed by atoms with E-state index in [2.05, 4.69) is 0 Å². The molecule has 0 aromatic rings. The molecule has 0 aromatic heterocycles. The number of aliphatic hydroxyl groups is 1. The lowest BCUT2D eigenvalue weighted by molar-refractivity contribution is 0.0148. The highest BCUT2D eigenvalue weighted by Crippen LogP contribution is 1.93. The van der Waals surface area contributed by atoms with Crippen LogP contribution in [-0.2, 0) is 9.47 Å². The minimum atomic E-state index is -0.408. The van der Waals surface area contributed by atoms with Crippen LogP contribution in [0, 0.1) is 0 Å². The third-order valence-corrected chi connectivity index (χ3v) is 1.96. The summed E-state index contributed by atoms with van der Waals surface area (Å²) in [6.45, 7) is 9.18. The molecule has 1 atom stereocenters. The summed E-state index contributed by atoms with van der Waals surface area (Å²) in [7, 11) is 1.97. The molecule has 0 aliphatic carbocycles. The number of rotatable bonds is 9. The fourth-order valence-corrected chi connectivity index (χ4v) is 1.20. The van der Waals surface area contributed by atoms with Gasteiger partial charge in [-0.2, -0.15) is 0 Å². The van der Waals surface area contributed by atoms with Crippen molar-refractivity contribution in [1.82, 2.24) is 4.90 Å². The van der Waals surface area contributed by atoms with Crippen LogP contribution in [0.2, 0.25) is 0 Å². The van der Waals surface area contributed by atoms with Crippen molar-refractivity contribution in [2.24, 2.45) is 0 Å². The normalized spacial score (nSPS) is 13.8. The van der Waals surface area contributed by atoms with Crippen molar-refractivity contribution in [3.05, 3.63) is 0 Å². The molecule has 0 saturated heterocycles. The predicted octanol–water partition coefficient (Wildman–Crippen LogP) is 0.741. The summed E-state index contributed by atoms with van der Waals surface area (Å²) in [5, 5.41) is 9.55. The Morgan fingerprint density at radius 1 is 1.33 bits per heavy atom. The first-order chi connectivity index (χ1) is 7.06. The Bertz CT molecular complexity index is 142. The zero-order valence-corrected chi connectivity index (χ0v) is 10.4. The van der Waals surface area contributed by atoms with Crippen molar-refractivity contribution in [2.75, 3.05) is 40.0 Å². The van der Waals surface area contributed by atoms with E-state index in [4.69, 9.17) is 9.47 Å². The Labute approximate surface area is 93.2 Å². The highest BCUT2D eigenvalue weighted by Gasteiger charge is 2.07. The second kappa shape index (κ2) is 9.09.